The monoisotopic (exact) mass is 338 g/mol. The number of nitrogens with zero attached hydrogens (tertiary/aromatic N) is 1. The third-order valence-electron chi connectivity index (χ3n) is 2.65. The first kappa shape index (κ1) is 14.3. The van der Waals surface area contributed by atoms with Gasteiger partial charge < -0.3 is 5.32 Å². The van der Waals surface area contributed by atoms with E-state index < -0.39 is 17.7 Å². The molecule has 2 rings (SSSR count). The van der Waals surface area contributed by atoms with Crippen molar-refractivity contribution in [2.75, 3.05) is 0 Å². The van der Waals surface area contributed by atoms with Crippen molar-refractivity contribution in [2.24, 2.45) is 0 Å². The molecule has 20 heavy (non-hydrogen) atoms. The molecule has 1 aliphatic rings. The van der Waals surface area contributed by atoms with Gasteiger partial charge in [0.05, 0.1) is 17.8 Å². The first-order valence-electron chi connectivity index (χ1n) is 5.55. The number of halogens is 3. The molecule has 0 saturated carbocycles. The van der Waals surface area contributed by atoms with Crippen molar-refractivity contribution in [3.8, 4) is 10.8 Å². The molecule has 6 heteroatoms. The fourth-order valence-electron chi connectivity index (χ4n) is 1.67. The summed E-state index contributed by atoms with van der Waals surface area (Å²) in [5.41, 5.74) is 1.39. The molecule has 1 aromatic rings. The molecule has 0 atom stereocenters. The number of amides is 2. The molecule has 0 aromatic heterocycles. The van der Waals surface area contributed by atoms with E-state index in [4.69, 9.17) is 0 Å². The molecule has 1 N–H and O–H groups in total. The smallest absolute Gasteiger partial charge is 0.307 e. The van der Waals surface area contributed by atoms with Crippen LogP contribution < -0.4 is 5.32 Å². The second kappa shape index (κ2) is 5.88. The number of carbonyl (C=O) groups is 1. The minimum absolute atomic E-state index is 0.101. The van der Waals surface area contributed by atoms with Crippen molar-refractivity contribution in [1.29, 1.82) is 0 Å². The maximum atomic E-state index is 13.1. The summed E-state index contributed by atoms with van der Waals surface area (Å²) in [4.78, 5) is 15.6. The van der Waals surface area contributed by atoms with Crippen LogP contribution in [-0.2, 0) is 6.54 Å². The third kappa shape index (κ3) is 3.06. The topological polar surface area (TPSA) is 32.3 Å². The molecule has 1 heterocycles. The standard InChI is InChI=1S/C14H9BrF2N2O/c1-9-11(4-5-15)8-19(14(20)18-9)7-10-2-3-12(16)13(17)6-10/h2-3,6,8H,1,7H2,(H,18,20). The van der Waals surface area contributed by atoms with Crippen LogP contribution in [0, 0.1) is 22.4 Å². The van der Waals surface area contributed by atoms with E-state index >= 15 is 0 Å². The number of rotatable bonds is 2. The van der Waals surface area contributed by atoms with E-state index in [0.717, 1.165) is 12.1 Å². The summed E-state index contributed by atoms with van der Waals surface area (Å²) in [7, 11) is 0. The molecule has 1 aromatic carbocycles. The summed E-state index contributed by atoms with van der Waals surface area (Å²) >= 11 is 2.97. The molecular formula is C14H9BrF2N2O. The zero-order valence-corrected chi connectivity index (χ0v) is 11.8. The highest BCUT2D eigenvalue weighted by Crippen LogP contribution is 2.17. The zero-order valence-electron chi connectivity index (χ0n) is 10.2. The normalized spacial score (nSPS) is 14.3. The van der Waals surface area contributed by atoms with Gasteiger partial charge in [-0.05, 0) is 22.5 Å². The maximum absolute atomic E-state index is 13.1. The molecule has 2 amide bonds. The van der Waals surface area contributed by atoms with Crippen LogP contribution in [0.2, 0.25) is 0 Å². The number of hydrogen-bond acceptors (Lipinski definition) is 1. The van der Waals surface area contributed by atoms with Crippen LogP contribution in [0.1, 0.15) is 5.56 Å². The van der Waals surface area contributed by atoms with Gasteiger partial charge in [-0.1, -0.05) is 18.6 Å². The van der Waals surface area contributed by atoms with Crippen molar-refractivity contribution in [1.82, 2.24) is 10.2 Å². The van der Waals surface area contributed by atoms with Gasteiger partial charge >= 0.3 is 6.03 Å². The van der Waals surface area contributed by atoms with E-state index in [1.807, 2.05) is 0 Å². The van der Waals surface area contributed by atoms with Crippen LogP contribution in [0.25, 0.3) is 0 Å². The average molecular weight is 339 g/mol. The number of nitrogens with one attached hydrogen (secondary N) is 1. The van der Waals surface area contributed by atoms with Gasteiger partial charge in [-0.25, -0.2) is 13.6 Å². The van der Waals surface area contributed by atoms with Gasteiger partial charge in [0.15, 0.2) is 11.6 Å². The molecule has 3 nitrogen and oxygen atoms in total. The lowest BCUT2D eigenvalue weighted by Crippen LogP contribution is -2.39. The lowest BCUT2D eigenvalue weighted by molar-refractivity contribution is 0.214. The molecule has 0 bridgehead atoms. The SMILES string of the molecule is C=C1NC(=O)N(Cc2ccc(F)c(F)c2)C=C1C#CBr. The Bertz CT molecular complexity index is 673. The average Bonchev–Trinajstić information content (AvgIpc) is 2.39. The van der Waals surface area contributed by atoms with Gasteiger partial charge in [0.25, 0.3) is 0 Å². The van der Waals surface area contributed by atoms with E-state index in [0.29, 0.717) is 16.8 Å². The second-order valence-electron chi connectivity index (χ2n) is 4.05. The van der Waals surface area contributed by atoms with Crippen molar-refractivity contribution < 1.29 is 13.6 Å². The van der Waals surface area contributed by atoms with Gasteiger partial charge in [-0.3, -0.25) is 4.90 Å². The molecule has 1 aliphatic heterocycles. The molecule has 0 aliphatic carbocycles. The molecule has 0 unspecified atom stereocenters. The van der Waals surface area contributed by atoms with Gasteiger partial charge in [0.1, 0.15) is 0 Å². The lowest BCUT2D eigenvalue weighted by Gasteiger charge is -2.25. The summed E-state index contributed by atoms with van der Waals surface area (Å²) in [6.07, 6.45) is 1.51. The Hall–Kier alpha value is -2.13. The summed E-state index contributed by atoms with van der Waals surface area (Å²) in [6.45, 7) is 3.77. The van der Waals surface area contributed by atoms with Crippen molar-refractivity contribution >= 4 is 22.0 Å². The molecular weight excluding hydrogens is 330 g/mol. The number of carbonyl (C=O) groups excluding carboxylic acids is 1. The van der Waals surface area contributed by atoms with Crippen LogP contribution in [0.5, 0.6) is 0 Å². The first-order valence-corrected chi connectivity index (χ1v) is 6.35. The highest BCUT2D eigenvalue weighted by atomic mass is 79.9. The van der Waals surface area contributed by atoms with E-state index in [1.165, 1.54) is 17.2 Å². The predicted molar refractivity (Wildman–Crippen MR) is 74.4 cm³/mol. The van der Waals surface area contributed by atoms with E-state index in [2.05, 4.69) is 38.6 Å². The summed E-state index contributed by atoms with van der Waals surface area (Å²) in [5, 5.41) is 2.54. The number of urea groups is 1. The van der Waals surface area contributed by atoms with E-state index in [-0.39, 0.29) is 6.54 Å². The van der Waals surface area contributed by atoms with Crippen LogP contribution in [-0.4, -0.2) is 10.9 Å². The summed E-state index contributed by atoms with van der Waals surface area (Å²) in [5.74, 6) is 0.854. The van der Waals surface area contributed by atoms with Gasteiger partial charge in [0.2, 0.25) is 0 Å². The van der Waals surface area contributed by atoms with Crippen LogP contribution in [0.15, 0.2) is 42.2 Å². The fraction of sp³-hybridized carbons (Fsp3) is 0.0714. The molecule has 0 fully saturated rings. The van der Waals surface area contributed by atoms with Crippen LogP contribution in [0.4, 0.5) is 13.6 Å². The number of allylic oxidation sites excluding steroid dienone is 1. The predicted octanol–water partition coefficient (Wildman–Crippen LogP) is 3.24. The Morgan fingerprint density at radius 2 is 2.10 bits per heavy atom. The zero-order chi connectivity index (χ0) is 14.7. The minimum Gasteiger partial charge on any atom is -0.307 e. The van der Waals surface area contributed by atoms with Crippen molar-refractivity contribution in [2.45, 2.75) is 6.54 Å². The summed E-state index contributed by atoms with van der Waals surface area (Å²) < 4.78 is 26.0. The van der Waals surface area contributed by atoms with Gasteiger partial charge in [-0.2, -0.15) is 0 Å². The number of benzene rings is 1. The highest BCUT2D eigenvalue weighted by Gasteiger charge is 2.20. The fourth-order valence-corrected chi connectivity index (χ4v) is 1.88. The van der Waals surface area contributed by atoms with Crippen molar-refractivity contribution in [3.05, 3.63) is 59.4 Å². The molecule has 0 spiro atoms. The lowest BCUT2D eigenvalue weighted by atomic mass is 10.1. The van der Waals surface area contributed by atoms with E-state index in [9.17, 15) is 13.6 Å². The van der Waals surface area contributed by atoms with Crippen LogP contribution in [0.3, 0.4) is 0 Å². The Morgan fingerprint density at radius 3 is 2.75 bits per heavy atom. The van der Waals surface area contributed by atoms with Gasteiger partial charge in [0, 0.05) is 22.1 Å². The quantitative estimate of drug-likeness (QED) is 0.825. The maximum Gasteiger partial charge on any atom is 0.326 e. The highest BCUT2D eigenvalue weighted by molar-refractivity contribution is 9.12. The third-order valence-corrected chi connectivity index (χ3v) is 2.85. The van der Waals surface area contributed by atoms with Gasteiger partial charge in [-0.15, -0.1) is 0 Å². The minimum atomic E-state index is -0.950. The van der Waals surface area contributed by atoms with Crippen LogP contribution >= 0.6 is 15.9 Å². The Labute approximate surface area is 123 Å². The molecule has 0 saturated heterocycles. The molecule has 102 valence electrons. The Kier molecular flexibility index (Phi) is 4.20. The first-order chi connectivity index (χ1) is 9.51. The number of hydrogen-bond donors (Lipinski definition) is 1. The second-order valence-corrected chi connectivity index (χ2v) is 4.44. The largest absolute Gasteiger partial charge is 0.326 e. The van der Waals surface area contributed by atoms with Crippen molar-refractivity contribution in [3.63, 3.8) is 0 Å². The summed E-state index contributed by atoms with van der Waals surface area (Å²) in [6, 6.07) is 3.09. The van der Waals surface area contributed by atoms with E-state index in [1.54, 1.807) is 0 Å². The Balaban J connectivity index is 2.26. The molecule has 0 radical (unpaired) electrons. The Morgan fingerprint density at radius 1 is 1.35 bits per heavy atom.